The number of anilines is 1. The fourth-order valence-electron chi connectivity index (χ4n) is 3.15. The maximum absolute atomic E-state index is 12.5. The number of esters is 1. The maximum Gasteiger partial charge on any atom is 0.338 e. The van der Waals surface area contributed by atoms with E-state index in [-0.39, 0.29) is 0 Å². The summed E-state index contributed by atoms with van der Waals surface area (Å²) in [4.78, 5) is 33.9. The van der Waals surface area contributed by atoms with E-state index in [1.54, 1.807) is 25.1 Å². The summed E-state index contributed by atoms with van der Waals surface area (Å²) in [6, 6.07) is 18.5. The molecule has 1 amide bonds. The van der Waals surface area contributed by atoms with E-state index in [2.05, 4.69) is 15.3 Å². The van der Waals surface area contributed by atoms with Crippen molar-refractivity contribution in [1.82, 2.24) is 9.97 Å². The fourth-order valence-corrected chi connectivity index (χ4v) is 3.15. The molecular weight excluding hydrogens is 378 g/mol. The molecule has 0 aliphatic heterocycles. The first kappa shape index (κ1) is 19.5. The first-order chi connectivity index (χ1) is 14.4. The highest BCUT2D eigenvalue weighted by Gasteiger charge is 2.20. The molecule has 0 fully saturated rings. The first-order valence-corrected chi connectivity index (χ1v) is 9.66. The number of hydrogen-bond donors (Lipinski definition) is 1. The van der Waals surface area contributed by atoms with Gasteiger partial charge in [0, 0.05) is 5.69 Å². The highest BCUT2D eigenvalue weighted by Crippen LogP contribution is 2.20. The van der Waals surface area contributed by atoms with E-state index < -0.39 is 18.0 Å². The lowest BCUT2D eigenvalue weighted by atomic mass is 10.1. The SMILES string of the molecule is Cc1nc2ccc(C(=O)OC(C)C(=O)Nc3ccc4ccccc4c3)cc2nc1C. The zero-order valence-electron chi connectivity index (χ0n) is 17.0. The quantitative estimate of drug-likeness (QED) is 0.508. The van der Waals surface area contributed by atoms with Gasteiger partial charge in [-0.25, -0.2) is 14.8 Å². The van der Waals surface area contributed by atoms with Crippen LogP contribution < -0.4 is 5.32 Å². The Bertz CT molecular complexity index is 1280. The Morgan fingerprint density at radius 3 is 2.33 bits per heavy atom. The summed E-state index contributed by atoms with van der Waals surface area (Å²) in [6.45, 7) is 5.30. The number of carbonyl (C=O) groups is 2. The molecule has 1 N–H and O–H groups in total. The highest BCUT2D eigenvalue weighted by atomic mass is 16.5. The molecule has 0 saturated carbocycles. The van der Waals surface area contributed by atoms with Crippen molar-refractivity contribution in [2.45, 2.75) is 26.9 Å². The van der Waals surface area contributed by atoms with E-state index in [4.69, 9.17) is 4.74 Å². The molecule has 4 rings (SSSR count). The van der Waals surface area contributed by atoms with Crippen LogP contribution in [0.2, 0.25) is 0 Å². The highest BCUT2D eigenvalue weighted by molar-refractivity contribution is 5.99. The monoisotopic (exact) mass is 399 g/mol. The zero-order chi connectivity index (χ0) is 21.3. The molecule has 0 bridgehead atoms. The number of carbonyl (C=O) groups excluding carboxylic acids is 2. The third-order valence-electron chi connectivity index (χ3n) is 4.98. The summed E-state index contributed by atoms with van der Waals surface area (Å²) in [7, 11) is 0. The summed E-state index contributed by atoms with van der Waals surface area (Å²) in [6.07, 6.45) is -0.953. The summed E-state index contributed by atoms with van der Waals surface area (Å²) in [5.74, 6) is -0.983. The lowest BCUT2D eigenvalue weighted by molar-refractivity contribution is -0.123. The van der Waals surface area contributed by atoms with Gasteiger partial charge in [-0.2, -0.15) is 0 Å². The number of aryl methyl sites for hydroxylation is 2. The molecule has 0 aliphatic carbocycles. The number of aromatic nitrogens is 2. The molecule has 6 heteroatoms. The second-order valence-corrected chi connectivity index (χ2v) is 7.20. The van der Waals surface area contributed by atoms with Crippen LogP contribution in [0.1, 0.15) is 28.7 Å². The Morgan fingerprint density at radius 1 is 0.867 bits per heavy atom. The molecule has 0 saturated heterocycles. The molecule has 30 heavy (non-hydrogen) atoms. The van der Waals surface area contributed by atoms with Crippen molar-refractivity contribution in [3.05, 3.63) is 77.6 Å². The standard InChI is InChI=1S/C24H21N3O3/c1-14-15(2)26-22-13-19(9-11-21(22)25-14)24(29)30-16(3)23(28)27-20-10-8-17-6-4-5-7-18(17)12-20/h4-13,16H,1-3H3,(H,27,28). The molecule has 0 spiro atoms. The Labute approximate surface area is 173 Å². The topological polar surface area (TPSA) is 81.2 Å². The third kappa shape index (κ3) is 3.98. The molecule has 4 aromatic rings. The molecule has 6 nitrogen and oxygen atoms in total. The van der Waals surface area contributed by atoms with Crippen molar-refractivity contribution >= 4 is 39.4 Å². The van der Waals surface area contributed by atoms with E-state index in [0.717, 1.165) is 22.2 Å². The number of benzene rings is 3. The van der Waals surface area contributed by atoms with Gasteiger partial charge in [0.1, 0.15) is 0 Å². The first-order valence-electron chi connectivity index (χ1n) is 9.66. The molecular formula is C24H21N3O3. The maximum atomic E-state index is 12.5. The van der Waals surface area contributed by atoms with E-state index >= 15 is 0 Å². The van der Waals surface area contributed by atoms with Crippen LogP contribution in [0.4, 0.5) is 5.69 Å². The van der Waals surface area contributed by atoms with Crippen LogP contribution in [0.3, 0.4) is 0 Å². The predicted molar refractivity (Wildman–Crippen MR) is 116 cm³/mol. The van der Waals surface area contributed by atoms with Crippen LogP contribution in [0.25, 0.3) is 21.8 Å². The van der Waals surface area contributed by atoms with Gasteiger partial charge in [-0.15, -0.1) is 0 Å². The van der Waals surface area contributed by atoms with Gasteiger partial charge in [0.05, 0.1) is 28.0 Å². The van der Waals surface area contributed by atoms with Crippen LogP contribution in [0, 0.1) is 13.8 Å². The van der Waals surface area contributed by atoms with E-state index in [9.17, 15) is 9.59 Å². The summed E-state index contributed by atoms with van der Waals surface area (Å²) >= 11 is 0. The summed E-state index contributed by atoms with van der Waals surface area (Å²) < 4.78 is 5.36. The summed E-state index contributed by atoms with van der Waals surface area (Å²) in [5.41, 5.74) is 3.93. The number of nitrogens with one attached hydrogen (secondary N) is 1. The molecule has 1 unspecified atom stereocenters. The number of ether oxygens (including phenoxy) is 1. The van der Waals surface area contributed by atoms with Gasteiger partial charge in [-0.3, -0.25) is 4.79 Å². The van der Waals surface area contributed by atoms with Crippen molar-refractivity contribution in [2.24, 2.45) is 0 Å². The molecule has 0 radical (unpaired) electrons. The minimum Gasteiger partial charge on any atom is -0.449 e. The Morgan fingerprint density at radius 2 is 1.57 bits per heavy atom. The van der Waals surface area contributed by atoms with Crippen molar-refractivity contribution < 1.29 is 14.3 Å². The number of hydrogen-bond acceptors (Lipinski definition) is 5. The Hall–Kier alpha value is -3.80. The van der Waals surface area contributed by atoms with Crippen molar-refractivity contribution in [2.75, 3.05) is 5.32 Å². The fraction of sp³-hybridized carbons (Fsp3) is 0.167. The number of nitrogens with zero attached hydrogens (tertiary/aromatic N) is 2. The largest absolute Gasteiger partial charge is 0.449 e. The van der Waals surface area contributed by atoms with Crippen LogP contribution in [0.5, 0.6) is 0 Å². The molecule has 3 aromatic carbocycles. The third-order valence-corrected chi connectivity index (χ3v) is 4.98. The van der Waals surface area contributed by atoms with Gasteiger partial charge in [0.2, 0.25) is 0 Å². The van der Waals surface area contributed by atoms with Gasteiger partial charge < -0.3 is 10.1 Å². The molecule has 1 aromatic heterocycles. The molecule has 150 valence electrons. The van der Waals surface area contributed by atoms with Crippen LogP contribution in [-0.4, -0.2) is 27.9 Å². The molecule has 1 heterocycles. The average Bonchev–Trinajstić information content (AvgIpc) is 2.74. The lowest BCUT2D eigenvalue weighted by Gasteiger charge is -2.14. The number of fused-ring (bicyclic) bond motifs is 2. The predicted octanol–water partition coefficient (Wildman–Crippen LogP) is 4.58. The second-order valence-electron chi connectivity index (χ2n) is 7.20. The van der Waals surface area contributed by atoms with Gasteiger partial charge in [-0.1, -0.05) is 30.3 Å². The van der Waals surface area contributed by atoms with Crippen LogP contribution >= 0.6 is 0 Å². The van der Waals surface area contributed by atoms with Crippen LogP contribution in [-0.2, 0) is 9.53 Å². The smallest absolute Gasteiger partial charge is 0.338 e. The van der Waals surface area contributed by atoms with Gasteiger partial charge >= 0.3 is 5.97 Å². The van der Waals surface area contributed by atoms with Gasteiger partial charge in [-0.05, 0) is 61.9 Å². The average molecular weight is 399 g/mol. The van der Waals surface area contributed by atoms with Crippen molar-refractivity contribution in [3.63, 3.8) is 0 Å². The van der Waals surface area contributed by atoms with Crippen molar-refractivity contribution in [3.8, 4) is 0 Å². The van der Waals surface area contributed by atoms with E-state index in [1.807, 2.05) is 56.3 Å². The summed E-state index contributed by atoms with van der Waals surface area (Å²) in [5, 5.41) is 4.90. The van der Waals surface area contributed by atoms with Crippen LogP contribution in [0.15, 0.2) is 60.7 Å². The Balaban J connectivity index is 1.46. The minimum absolute atomic E-state index is 0.324. The second kappa shape index (κ2) is 7.91. The lowest BCUT2D eigenvalue weighted by Crippen LogP contribution is -2.30. The number of rotatable bonds is 4. The van der Waals surface area contributed by atoms with E-state index in [0.29, 0.717) is 22.3 Å². The normalized spacial score (nSPS) is 12.0. The van der Waals surface area contributed by atoms with E-state index in [1.165, 1.54) is 0 Å². The number of amides is 1. The molecule has 0 aliphatic rings. The van der Waals surface area contributed by atoms with Crippen molar-refractivity contribution in [1.29, 1.82) is 0 Å². The van der Waals surface area contributed by atoms with Gasteiger partial charge in [0.15, 0.2) is 6.10 Å². The molecule has 1 atom stereocenters. The van der Waals surface area contributed by atoms with Gasteiger partial charge in [0.25, 0.3) is 5.91 Å². The zero-order valence-corrected chi connectivity index (χ0v) is 17.0. The minimum atomic E-state index is -0.953. The Kier molecular flexibility index (Phi) is 5.14.